The predicted octanol–water partition coefficient (Wildman–Crippen LogP) is -0.962. The van der Waals surface area contributed by atoms with Gasteiger partial charge >= 0.3 is 5.97 Å². The average molecular weight is 347 g/mol. The molecule has 2 aromatic heterocycles. The Morgan fingerprint density at radius 1 is 1.29 bits per heavy atom. The maximum absolute atomic E-state index is 12.6. The summed E-state index contributed by atoms with van der Waals surface area (Å²) in [5, 5.41) is 26.9. The van der Waals surface area contributed by atoms with Crippen LogP contribution < -0.4 is 5.73 Å². The molecule has 12 heteroatoms. The Morgan fingerprint density at radius 3 is 2.50 bits per heavy atom. The van der Waals surface area contributed by atoms with Gasteiger partial charge in [0.2, 0.25) is 0 Å². The highest BCUT2D eigenvalue weighted by atomic mass is 19.1. The first-order valence-corrected chi connectivity index (χ1v) is 6.69. The van der Waals surface area contributed by atoms with Crippen LogP contribution in [-0.4, -0.2) is 72.5 Å². The third-order valence-electron chi connectivity index (χ3n) is 3.26. The van der Waals surface area contributed by atoms with Crippen molar-refractivity contribution in [1.29, 1.82) is 0 Å². The smallest absolute Gasteiger partial charge is 0.335 e. The van der Waals surface area contributed by atoms with Crippen LogP contribution in [0.1, 0.15) is 6.23 Å². The fourth-order valence-corrected chi connectivity index (χ4v) is 2.14. The number of aromatic nitrogens is 4. The Balaban J connectivity index is 0.000000368. The maximum Gasteiger partial charge on any atom is 0.335 e. The third kappa shape index (κ3) is 3.39. The van der Waals surface area contributed by atoms with Crippen LogP contribution in [0.4, 0.5) is 14.6 Å². The molecule has 0 radical (unpaired) electrons. The summed E-state index contributed by atoms with van der Waals surface area (Å²) in [4.78, 5) is 20.8. The molecule has 1 saturated heterocycles. The lowest BCUT2D eigenvalue weighted by molar-refractivity contribution is -0.137. The highest BCUT2D eigenvalue weighted by molar-refractivity contribution is 5.81. The van der Waals surface area contributed by atoms with Crippen molar-refractivity contribution in [3.05, 3.63) is 12.7 Å². The molecule has 0 saturated carbocycles. The number of anilines is 1. The molecule has 4 atom stereocenters. The Hall–Kier alpha value is -2.44. The molecule has 0 bridgehead atoms. The molecular weight excluding hydrogens is 332 g/mol. The van der Waals surface area contributed by atoms with E-state index in [9.17, 15) is 19.0 Å². The van der Waals surface area contributed by atoms with E-state index < -0.39 is 43.9 Å². The van der Waals surface area contributed by atoms with Crippen molar-refractivity contribution in [2.75, 3.05) is 19.1 Å². The van der Waals surface area contributed by atoms with Gasteiger partial charge in [-0.2, -0.15) is 0 Å². The lowest BCUT2D eigenvalue weighted by Crippen LogP contribution is -2.32. The molecule has 3 rings (SSSR count). The second-order valence-corrected chi connectivity index (χ2v) is 4.81. The Bertz CT molecular complexity index is 714. The van der Waals surface area contributed by atoms with Gasteiger partial charge in [-0.3, -0.25) is 4.57 Å². The van der Waals surface area contributed by atoms with E-state index in [1.54, 1.807) is 0 Å². The van der Waals surface area contributed by atoms with Crippen molar-refractivity contribution >= 4 is 23.0 Å². The first kappa shape index (κ1) is 17.9. The van der Waals surface area contributed by atoms with Gasteiger partial charge in [0, 0.05) is 0 Å². The minimum atomic E-state index is -1.41. The summed E-state index contributed by atoms with van der Waals surface area (Å²) in [7, 11) is 0. The molecule has 10 nitrogen and oxygen atoms in total. The van der Waals surface area contributed by atoms with Gasteiger partial charge in [0.05, 0.1) is 6.33 Å². The number of hydrogen-bond acceptors (Lipinski definition) is 8. The number of rotatable bonds is 3. The number of fused-ring (bicyclic) bond motifs is 1. The SMILES string of the molecule is Nc1ncnc2c1ncn2[C@@H]1O[C@H](CF)[C@@H](O)[C@H]1O.O=C(O)CF. The number of ether oxygens (including phenoxy) is 1. The number of nitrogens with zero attached hydrogens (tertiary/aromatic N) is 4. The molecule has 0 aromatic carbocycles. The standard InChI is InChI=1S/C10H12FN5O3.C2H3FO2/c11-1-4-6(17)7(18)10(19-4)16-3-15-5-8(12)13-2-14-9(5)16;3-1-2(4)5/h2-4,6-7,10,17-18H,1H2,(H2,12,13,14);1H2,(H,4,5)/t4-,6-,7-,10-;/m1./s1. The van der Waals surface area contributed by atoms with Crippen LogP contribution in [0.2, 0.25) is 0 Å². The van der Waals surface area contributed by atoms with Gasteiger partial charge in [0.25, 0.3) is 0 Å². The Labute approximate surface area is 133 Å². The number of halogens is 2. The molecule has 0 aliphatic carbocycles. The van der Waals surface area contributed by atoms with Crippen molar-refractivity contribution in [2.24, 2.45) is 0 Å². The zero-order valence-corrected chi connectivity index (χ0v) is 12.2. The fraction of sp³-hybridized carbons (Fsp3) is 0.500. The van der Waals surface area contributed by atoms with E-state index >= 15 is 0 Å². The zero-order valence-electron chi connectivity index (χ0n) is 12.2. The van der Waals surface area contributed by atoms with E-state index in [4.69, 9.17) is 20.4 Å². The second kappa shape index (κ2) is 7.42. The first-order chi connectivity index (χ1) is 11.4. The summed E-state index contributed by atoms with van der Waals surface area (Å²) >= 11 is 0. The van der Waals surface area contributed by atoms with Gasteiger partial charge in [-0.05, 0) is 0 Å². The topological polar surface area (TPSA) is 157 Å². The van der Waals surface area contributed by atoms with Gasteiger partial charge in [-0.1, -0.05) is 0 Å². The Morgan fingerprint density at radius 2 is 1.96 bits per heavy atom. The van der Waals surface area contributed by atoms with Crippen LogP contribution in [0, 0.1) is 0 Å². The number of nitrogen functional groups attached to an aromatic ring is 1. The minimum Gasteiger partial charge on any atom is -0.479 e. The van der Waals surface area contributed by atoms with Crippen molar-refractivity contribution in [3.8, 4) is 0 Å². The van der Waals surface area contributed by atoms with E-state index in [0.29, 0.717) is 11.2 Å². The normalized spacial score (nSPS) is 26.2. The molecule has 1 fully saturated rings. The van der Waals surface area contributed by atoms with E-state index in [-0.39, 0.29) is 5.82 Å². The molecule has 0 spiro atoms. The molecule has 0 unspecified atom stereocenters. The number of imidazole rings is 1. The molecule has 2 aromatic rings. The van der Waals surface area contributed by atoms with E-state index in [1.165, 1.54) is 17.2 Å². The monoisotopic (exact) mass is 347 g/mol. The third-order valence-corrected chi connectivity index (χ3v) is 3.26. The van der Waals surface area contributed by atoms with Crippen LogP contribution in [0.5, 0.6) is 0 Å². The molecule has 1 aliphatic heterocycles. The van der Waals surface area contributed by atoms with Gasteiger partial charge in [0.15, 0.2) is 24.4 Å². The van der Waals surface area contributed by atoms with E-state index in [1.807, 2.05) is 0 Å². The van der Waals surface area contributed by atoms with Crippen LogP contribution >= 0.6 is 0 Å². The second-order valence-electron chi connectivity index (χ2n) is 4.81. The van der Waals surface area contributed by atoms with Crippen LogP contribution in [0.3, 0.4) is 0 Å². The summed E-state index contributed by atoms with van der Waals surface area (Å²) in [6.07, 6.45) is -2.00. The number of hydrogen-bond donors (Lipinski definition) is 4. The van der Waals surface area contributed by atoms with E-state index in [2.05, 4.69) is 15.0 Å². The number of alkyl halides is 2. The quantitative estimate of drug-likeness (QED) is 0.549. The lowest BCUT2D eigenvalue weighted by atomic mass is 10.1. The molecule has 0 amide bonds. The van der Waals surface area contributed by atoms with Gasteiger partial charge in [-0.15, -0.1) is 0 Å². The van der Waals surface area contributed by atoms with E-state index in [0.717, 1.165) is 0 Å². The predicted molar refractivity (Wildman–Crippen MR) is 75.2 cm³/mol. The molecule has 1 aliphatic rings. The van der Waals surface area contributed by atoms with Crippen molar-refractivity contribution < 1.29 is 33.6 Å². The first-order valence-electron chi connectivity index (χ1n) is 6.69. The molecule has 3 heterocycles. The fourth-order valence-electron chi connectivity index (χ4n) is 2.14. The number of aliphatic hydroxyl groups is 2. The highest BCUT2D eigenvalue weighted by Crippen LogP contribution is 2.31. The molecular formula is C12H15F2N5O5. The van der Waals surface area contributed by atoms with Crippen molar-refractivity contribution in [3.63, 3.8) is 0 Å². The molecule has 5 N–H and O–H groups in total. The minimum absolute atomic E-state index is 0.193. The van der Waals surface area contributed by atoms with Crippen molar-refractivity contribution in [2.45, 2.75) is 24.5 Å². The summed E-state index contributed by atoms with van der Waals surface area (Å²) in [6, 6.07) is 0. The summed E-state index contributed by atoms with van der Waals surface area (Å²) in [5.41, 5.74) is 6.35. The van der Waals surface area contributed by atoms with Crippen LogP contribution in [0.25, 0.3) is 11.2 Å². The zero-order chi connectivity index (χ0) is 17.9. The number of carbonyl (C=O) groups is 1. The molecule has 24 heavy (non-hydrogen) atoms. The van der Waals surface area contributed by atoms with Gasteiger partial charge in [-0.25, -0.2) is 28.5 Å². The average Bonchev–Trinajstić information content (AvgIpc) is 3.11. The Kier molecular flexibility index (Phi) is 5.54. The number of aliphatic carboxylic acids is 1. The van der Waals surface area contributed by atoms with Crippen molar-refractivity contribution in [1.82, 2.24) is 19.5 Å². The van der Waals surface area contributed by atoms with Crippen LogP contribution in [0.15, 0.2) is 12.7 Å². The number of nitrogens with two attached hydrogens (primary N) is 1. The van der Waals surface area contributed by atoms with Gasteiger partial charge in [0.1, 0.15) is 36.8 Å². The lowest BCUT2D eigenvalue weighted by Gasteiger charge is -2.16. The summed E-state index contributed by atoms with van der Waals surface area (Å²) in [5.74, 6) is -1.22. The number of aliphatic hydroxyl groups excluding tert-OH is 2. The summed E-state index contributed by atoms with van der Waals surface area (Å²) < 4.78 is 29.8. The van der Waals surface area contributed by atoms with Gasteiger partial charge < -0.3 is 25.8 Å². The highest BCUT2D eigenvalue weighted by Gasteiger charge is 2.44. The number of carboxylic acid groups (broad SMARTS) is 1. The number of carboxylic acids is 1. The molecule has 132 valence electrons. The summed E-state index contributed by atoms with van der Waals surface area (Å²) in [6.45, 7) is -2.17. The largest absolute Gasteiger partial charge is 0.479 e. The maximum atomic E-state index is 12.6. The van der Waals surface area contributed by atoms with Crippen LogP contribution in [-0.2, 0) is 9.53 Å².